The molecule has 1 fully saturated rings. The molecule has 1 unspecified atom stereocenters. The van der Waals surface area contributed by atoms with Crippen LogP contribution in [0.1, 0.15) is 33.6 Å². The molecule has 1 atom stereocenters. The molecule has 0 saturated carbocycles. The fourth-order valence-corrected chi connectivity index (χ4v) is 2.17. The quantitative estimate of drug-likeness (QED) is 0.825. The largest absolute Gasteiger partial charge is 0.340 e. The Balaban J connectivity index is 0.00000225. The third-order valence-electron chi connectivity index (χ3n) is 3.15. The number of nitrogens with one attached hydrogen (secondary N) is 1. The molecule has 1 aliphatic rings. The Morgan fingerprint density at radius 2 is 1.88 bits per heavy atom. The van der Waals surface area contributed by atoms with E-state index >= 15 is 0 Å². The lowest BCUT2D eigenvalue weighted by Crippen LogP contribution is -2.49. The summed E-state index contributed by atoms with van der Waals surface area (Å²) in [5.74, 6) is 1.06. The van der Waals surface area contributed by atoms with Crippen molar-refractivity contribution in [3.05, 3.63) is 0 Å². The number of piperazine rings is 1. The van der Waals surface area contributed by atoms with Crippen LogP contribution in [0.4, 0.5) is 0 Å². The van der Waals surface area contributed by atoms with Crippen LogP contribution < -0.4 is 5.32 Å². The summed E-state index contributed by atoms with van der Waals surface area (Å²) in [6.45, 7) is 10.1. The minimum Gasteiger partial charge on any atom is -0.340 e. The van der Waals surface area contributed by atoms with Crippen LogP contribution in [0.5, 0.6) is 0 Å². The van der Waals surface area contributed by atoms with Gasteiger partial charge in [0.25, 0.3) is 0 Å². The first-order valence-electron chi connectivity index (χ1n) is 6.16. The van der Waals surface area contributed by atoms with Crippen LogP contribution in [0.3, 0.4) is 0 Å². The molecule has 1 rings (SSSR count). The Morgan fingerprint density at radius 1 is 1.31 bits per heavy atom. The van der Waals surface area contributed by atoms with Gasteiger partial charge in [0.15, 0.2) is 0 Å². The second kappa shape index (κ2) is 7.91. The van der Waals surface area contributed by atoms with E-state index in [9.17, 15) is 4.79 Å². The molecule has 96 valence electrons. The highest BCUT2D eigenvalue weighted by Crippen LogP contribution is 2.20. The van der Waals surface area contributed by atoms with Crippen molar-refractivity contribution in [2.75, 3.05) is 26.2 Å². The van der Waals surface area contributed by atoms with Crippen molar-refractivity contribution >= 4 is 18.3 Å². The van der Waals surface area contributed by atoms with Crippen LogP contribution in [0.25, 0.3) is 0 Å². The topological polar surface area (TPSA) is 32.3 Å². The fraction of sp³-hybridized carbons (Fsp3) is 0.917. The molecule has 1 saturated heterocycles. The number of amides is 1. The predicted molar refractivity (Wildman–Crippen MR) is 69.9 cm³/mol. The maximum atomic E-state index is 12.2. The van der Waals surface area contributed by atoms with Crippen LogP contribution in [0.15, 0.2) is 0 Å². The van der Waals surface area contributed by atoms with Crippen LogP contribution in [-0.4, -0.2) is 37.0 Å². The zero-order valence-electron chi connectivity index (χ0n) is 10.7. The van der Waals surface area contributed by atoms with Crippen molar-refractivity contribution in [3.8, 4) is 0 Å². The van der Waals surface area contributed by atoms with Gasteiger partial charge in [0.1, 0.15) is 0 Å². The number of carbonyl (C=O) groups is 1. The van der Waals surface area contributed by atoms with Gasteiger partial charge in [0, 0.05) is 32.1 Å². The molecule has 0 aromatic carbocycles. The van der Waals surface area contributed by atoms with Crippen molar-refractivity contribution in [1.82, 2.24) is 10.2 Å². The predicted octanol–water partition coefficient (Wildman–Crippen LogP) is 1.91. The van der Waals surface area contributed by atoms with Gasteiger partial charge in [-0.15, -0.1) is 12.4 Å². The summed E-state index contributed by atoms with van der Waals surface area (Å²) >= 11 is 0. The molecule has 0 aliphatic carbocycles. The van der Waals surface area contributed by atoms with E-state index in [1.165, 1.54) is 0 Å². The third kappa shape index (κ3) is 4.30. The van der Waals surface area contributed by atoms with E-state index in [1.54, 1.807) is 0 Å². The number of hydrogen-bond donors (Lipinski definition) is 1. The van der Waals surface area contributed by atoms with Gasteiger partial charge in [0.2, 0.25) is 5.91 Å². The summed E-state index contributed by atoms with van der Waals surface area (Å²) < 4.78 is 0. The number of halogens is 1. The SMILES string of the molecule is CCCC(C(=O)N1CCNCC1)C(C)C.Cl. The van der Waals surface area contributed by atoms with Crippen LogP contribution >= 0.6 is 12.4 Å². The van der Waals surface area contributed by atoms with Crippen molar-refractivity contribution in [2.45, 2.75) is 33.6 Å². The summed E-state index contributed by atoms with van der Waals surface area (Å²) in [6, 6.07) is 0. The maximum absolute atomic E-state index is 12.2. The lowest BCUT2D eigenvalue weighted by molar-refractivity contribution is -0.137. The van der Waals surface area contributed by atoms with Crippen molar-refractivity contribution in [3.63, 3.8) is 0 Å². The molecule has 0 bridgehead atoms. The van der Waals surface area contributed by atoms with Gasteiger partial charge in [-0.3, -0.25) is 4.79 Å². The summed E-state index contributed by atoms with van der Waals surface area (Å²) in [5.41, 5.74) is 0. The van der Waals surface area contributed by atoms with E-state index < -0.39 is 0 Å². The fourth-order valence-electron chi connectivity index (χ4n) is 2.17. The number of carbonyl (C=O) groups excluding carboxylic acids is 1. The molecular formula is C12H25ClN2O. The van der Waals surface area contributed by atoms with Crippen LogP contribution in [-0.2, 0) is 4.79 Å². The van der Waals surface area contributed by atoms with Gasteiger partial charge in [-0.2, -0.15) is 0 Å². The first kappa shape index (κ1) is 15.7. The molecule has 3 nitrogen and oxygen atoms in total. The molecule has 1 amide bonds. The zero-order chi connectivity index (χ0) is 11.3. The number of rotatable bonds is 4. The summed E-state index contributed by atoms with van der Waals surface area (Å²) in [5, 5.41) is 3.28. The molecule has 0 aromatic heterocycles. The highest BCUT2D eigenvalue weighted by atomic mass is 35.5. The normalized spacial score (nSPS) is 18.1. The Bertz CT molecular complexity index is 203. The highest BCUT2D eigenvalue weighted by Gasteiger charge is 2.26. The highest BCUT2D eigenvalue weighted by molar-refractivity contribution is 5.85. The van der Waals surface area contributed by atoms with Gasteiger partial charge in [-0.25, -0.2) is 0 Å². The van der Waals surface area contributed by atoms with E-state index in [0.29, 0.717) is 11.8 Å². The summed E-state index contributed by atoms with van der Waals surface area (Å²) in [6.07, 6.45) is 2.13. The Kier molecular flexibility index (Phi) is 7.77. The molecule has 0 radical (unpaired) electrons. The van der Waals surface area contributed by atoms with E-state index in [0.717, 1.165) is 39.0 Å². The lowest BCUT2D eigenvalue weighted by atomic mass is 9.90. The van der Waals surface area contributed by atoms with Gasteiger partial charge in [0.05, 0.1) is 0 Å². The minimum absolute atomic E-state index is 0. The Morgan fingerprint density at radius 3 is 2.31 bits per heavy atom. The summed E-state index contributed by atoms with van der Waals surface area (Å²) in [7, 11) is 0. The average Bonchev–Trinajstić information content (AvgIpc) is 2.26. The van der Waals surface area contributed by atoms with Gasteiger partial charge < -0.3 is 10.2 Å². The molecule has 1 aliphatic heterocycles. The van der Waals surface area contributed by atoms with Crippen molar-refractivity contribution in [1.29, 1.82) is 0 Å². The molecule has 0 aromatic rings. The molecule has 1 N–H and O–H groups in total. The Labute approximate surface area is 105 Å². The molecule has 0 spiro atoms. The minimum atomic E-state index is 0. The smallest absolute Gasteiger partial charge is 0.226 e. The van der Waals surface area contributed by atoms with Crippen LogP contribution in [0, 0.1) is 11.8 Å². The van der Waals surface area contributed by atoms with Gasteiger partial charge in [-0.05, 0) is 12.3 Å². The molecule has 1 heterocycles. The maximum Gasteiger partial charge on any atom is 0.226 e. The zero-order valence-corrected chi connectivity index (χ0v) is 11.5. The van der Waals surface area contributed by atoms with E-state index in [4.69, 9.17) is 0 Å². The molecular weight excluding hydrogens is 224 g/mol. The first-order valence-corrected chi connectivity index (χ1v) is 6.16. The average molecular weight is 249 g/mol. The van der Waals surface area contributed by atoms with Gasteiger partial charge in [-0.1, -0.05) is 27.2 Å². The molecule has 4 heteroatoms. The van der Waals surface area contributed by atoms with Gasteiger partial charge >= 0.3 is 0 Å². The van der Waals surface area contributed by atoms with E-state index in [1.807, 2.05) is 4.90 Å². The van der Waals surface area contributed by atoms with Crippen molar-refractivity contribution < 1.29 is 4.79 Å². The number of hydrogen-bond acceptors (Lipinski definition) is 2. The van der Waals surface area contributed by atoms with Crippen LogP contribution in [0.2, 0.25) is 0 Å². The number of nitrogens with zero attached hydrogens (tertiary/aromatic N) is 1. The second-order valence-electron chi connectivity index (χ2n) is 4.71. The summed E-state index contributed by atoms with van der Waals surface area (Å²) in [4.78, 5) is 14.3. The second-order valence-corrected chi connectivity index (χ2v) is 4.71. The van der Waals surface area contributed by atoms with E-state index in [2.05, 4.69) is 26.1 Å². The third-order valence-corrected chi connectivity index (χ3v) is 3.15. The Hall–Kier alpha value is -0.280. The first-order chi connectivity index (χ1) is 7.16. The lowest BCUT2D eigenvalue weighted by Gasteiger charge is -2.32. The molecule has 16 heavy (non-hydrogen) atoms. The van der Waals surface area contributed by atoms with E-state index in [-0.39, 0.29) is 18.3 Å². The monoisotopic (exact) mass is 248 g/mol. The standard InChI is InChI=1S/C12H24N2O.ClH/c1-4-5-11(10(2)3)12(15)14-8-6-13-7-9-14;/h10-11,13H,4-9H2,1-3H3;1H. The van der Waals surface area contributed by atoms with Crippen molar-refractivity contribution in [2.24, 2.45) is 11.8 Å².